The summed E-state index contributed by atoms with van der Waals surface area (Å²) >= 11 is 0. The van der Waals surface area contributed by atoms with Crippen LogP contribution in [0.2, 0.25) is 0 Å². The molecule has 1 unspecified atom stereocenters. The van der Waals surface area contributed by atoms with Gasteiger partial charge in [0.05, 0.1) is 0 Å². The van der Waals surface area contributed by atoms with Crippen LogP contribution in [0.1, 0.15) is 52.9 Å². The molecule has 0 aromatic rings. The largest absolute Gasteiger partial charge is 0.396 e. The molecule has 82 valence electrons. The van der Waals surface area contributed by atoms with E-state index in [4.69, 9.17) is 0 Å². The quantitative estimate of drug-likeness (QED) is 0.719. The van der Waals surface area contributed by atoms with Gasteiger partial charge in [-0.05, 0) is 48.3 Å². The Balaban J connectivity index is 2.01. The SMILES string of the molecule is CCC1CCC2(CC1)C(CO)C2(C)C. The van der Waals surface area contributed by atoms with E-state index in [2.05, 4.69) is 20.8 Å². The zero-order valence-electron chi connectivity index (χ0n) is 9.84. The molecule has 2 fully saturated rings. The van der Waals surface area contributed by atoms with Gasteiger partial charge in [-0.3, -0.25) is 0 Å². The molecule has 1 heteroatoms. The second-order valence-corrected chi connectivity index (χ2v) is 5.96. The van der Waals surface area contributed by atoms with Gasteiger partial charge in [0.15, 0.2) is 0 Å². The smallest absolute Gasteiger partial charge is 0.0470 e. The second-order valence-electron chi connectivity index (χ2n) is 5.96. The molecule has 0 saturated heterocycles. The minimum Gasteiger partial charge on any atom is -0.396 e. The molecule has 1 spiro atoms. The molecule has 0 aliphatic heterocycles. The normalized spacial score (nSPS) is 45.4. The monoisotopic (exact) mass is 196 g/mol. The molecule has 0 radical (unpaired) electrons. The maximum Gasteiger partial charge on any atom is 0.0470 e. The fourth-order valence-electron chi connectivity index (χ4n) is 4.06. The van der Waals surface area contributed by atoms with Gasteiger partial charge in [0.25, 0.3) is 0 Å². The minimum atomic E-state index is 0.407. The maximum atomic E-state index is 9.38. The van der Waals surface area contributed by atoms with Crippen LogP contribution in [0.4, 0.5) is 0 Å². The van der Waals surface area contributed by atoms with E-state index in [9.17, 15) is 5.11 Å². The molecule has 1 nitrogen and oxygen atoms in total. The predicted molar refractivity (Wildman–Crippen MR) is 59.0 cm³/mol. The number of hydrogen-bond acceptors (Lipinski definition) is 1. The van der Waals surface area contributed by atoms with E-state index < -0.39 is 0 Å². The molecule has 2 saturated carbocycles. The summed E-state index contributed by atoms with van der Waals surface area (Å²) in [5.41, 5.74) is 0.938. The van der Waals surface area contributed by atoms with Crippen LogP contribution in [-0.2, 0) is 0 Å². The van der Waals surface area contributed by atoms with E-state index in [0.717, 1.165) is 5.92 Å². The molecule has 0 aromatic carbocycles. The van der Waals surface area contributed by atoms with Crippen molar-refractivity contribution in [3.63, 3.8) is 0 Å². The van der Waals surface area contributed by atoms with E-state index in [1.807, 2.05) is 0 Å². The number of hydrogen-bond donors (Lipinski definition) is 1. The fraction of sp³-hybridized carbons (Fsp3) is 1.00. The van der Waals surface area contributed by atoms with Crippen molar-refractivity contribution in [3.8, 4) is 0 Å². The zero-order valence-corrected chi connectivity index (χ0v) is 9.84. The summed E-state index contributed by atoms with van der Waals surface area (Å²) in [5, 5.41) is 9.38. The summed E-state index contributed by atoms with van der Waals surface area (Å²) in [4.78, 5) is 0. The molecule has 0 heterocycles. The Morgan fingerprint density at radius 2 is 1.79 bits per heavy atom. The third kappa shape index (κ3) is 1.18. The Kier molecular flexibility index (Phi) is 2.42. The van der Waals surface area contributed by atoms with Crippen molar-refractivity contribution >= 4 is 0 Å². The minimum absolute atomic E-state index is 0.407. The lowest BCUT2D eigenvalue weighted by atomic mass is 9.75. The highest BCUT2D eigenvalue weighted by molar-refractivity contribution is 5.17. The van der Waals surface area contributed by atoms with Gasteiger partial charge in [0.2, 0.25) is 0 Å². The predicted octanol–water partition coefficient (Wildman–Crippen LogP) is 3.22. The summed E-state index contributed by atoms with van der Waals surface area (Å²) in [6, 6.07) is 0. The third-order valence-corrected chi connectivity index (χ3v) is 5.50. The lowest BCUT2D eigenvalue weighted by Gasteiger charge is -2.30. The van der Waals surface area contributed by atoms with Crippen molar-refractivity contribution in [2.75, 3.05) is 6.61 Å². The van der Waals surface area contributed by atoms with Crippen molar-refractivity contribution < 1.29 is 5.11 Å². The first-order valence-corrected chi connectivity index (χ1v) is 6.19. The first-order valence-electron chi connectivity index (χ1n) is 6.19. The molecule has 0 amide bonds. The molecular formula is C13H24O. The zero-order chi connectivity index (χ0) is 10.4. The van der Waals surface area contributed by atoms with Crippen molar-refractivity contribution in [2.45, 2.75) is 52.9 Å². The van der Waals surface area contributed by atoms with Crippen LogP contribution >= 0.6 is 0 Å². The summed E-state index contributed by atoms with van der Waals surface area (Å²) in [6.45, 7) is 7.41. The molecule has 1 atom stereocenters. The summed E-state index contributed by atoms with van der Waals surface area (Å²) in [6.07, 6.45) is 6.88. The highest BCUT2D eigenvalue weighted by atomic mass is 16.3. The van der Waals surface area contributed by atoms with Crippen LogP contribution in [-0.4, -0.2) is 11.7 Å². The molecule has 2 aliphatic rings. The highest BCUT2D eigenvalue weighted by Crippen LogP contribution is 2.74. The average Bonchev–Trinajstić information content (AvgIpc) is 2.63. The Hall–Kier alpha value is -0.0400. The van der Waals surface area contributed by atoms with Crippen LogP contribution in [0.3, 0.4) is 0 Å². The average molecular weight is 196 g/mol. The summed E-state index contributed by atoms with van der Waals surface area (Å²) in [7, 11) is 0. The summed E-state index contributed by atoms with van der Waals surface area (Å²) < 4.78 is 0. The van der Waals surface area contributed by atoms with E-state index in [-0.39, 0.29) is 0 Å². The van der Waals surface area contributed by atoms with Crippen molar-refractivity contribution in [1.82, 2.24) is 0 Å². The Bertz CT molecular complexity index is 211. The molecular weight excluding hydrogens is 172 g/mol. The van der Waals surface area contributed by atoms with Gasteiger partial charge in [0, 0.05) is 6.61 Å². The van der Waals surface area contributed by atoms with Gasteiger partial charge in [-0.1, -0.05) is 27.2 Å². The molecule has 0 bridgehead atoms. The van der Waals surface area contributed by atoms with Crippen LogP contribution < -0.4 is 0 Å². The highest BCUT2D eigenvalue weighted by Gasteiger charge is 2.69. The topological polar surface area (TPSA) is 20.2 Å². The van der Waals surface area contributed by atoms with Gasteiger partial charge >= 0.3 is 0 Å². The van der Waals surface area contributed by atoms with E-state index in [1.165, 1.54) is 32.1 Å². The molecule has 2 rings (SSSR count). The van der Waals surface area contributed by atoms with Crippen LogP contribution in [0.25, 0.3) is 0 Å². The first kappa shape index (κ1) is 10.5. The van der Waals surface area contributed by atoms with Crippen LogP contribution in [0.15, 0.2) is 0 Å². The van der Waals surface area contributed by atoms with Gasteiger partial charge in [0.1, 0.15) is 0 Å². The van der Waals surface area contributed by atoms with Gasteiger partial charge < -0.3 is 5.11 Å². The molecule has 2 aliphatic carbocycles. The molecule has 14 heavy (non-hydrogen) atoms. The van der Waals surface area contributed by atoms with E-state index in [1.54, 1.807) is 0 Å². The second kappa shape index (κ2) is 3.23. The van der Waals surface area contributed by atoms with Gasteiger partial charge in [-0.15, -0.1) is 0 Å². The Morgan fingerprint density at radius 1 is 1.21 bits per heavy atom. The van der Waals surface area contributed by atoms with Gasteiger partial charge in [-0.25, -0.2) is 0 Å². The number of aliphatic hydroxyl groups is 1. The maximum absolute atomic E-state index is 9.38. The van der Waals surface area contributed by atoms with Gasteiger partial charge in [-0.2, -0.15) is 0 Å². The third-order valence-electron chi connectivity index (χ3n) is 5.50. The van der Waals surface area contributed by atoms with E-state index in [0.29, 0.717) is 23.4 Å². The first-order chi connectivity index (χ1) is 6.58. The Morgan fingerprint density at radius 3 is 2.14 bits per heavy atom. The van der Waals surface area contributed by atoms with Crippen molar-refractivity contribution in [1.29, 1.82) is 0 Å². The lowest BCUT2D eigenvalue weighted by molar-refractivity contribution is 0.186. The molecule has 1 N–H and O–H groups in total. The fourth-order valence-corrected chi connectivity index (χ4v) is 4.06. The Labute approximate surface area is 87.9 Å². The van der Waals surface area contributed by atoms with E-state index >= 15 is 0 Å². The molecule has 0 aromatic heterocycles. The van der Waals surface area contributed by atoms with Crippen LogP contribution in [0, 0.1) is 22.7 Å². The van der Waals surface area contributed by atoms with Crippen molar-refractivity contribution in [2.24, 2.45) is 22.7 Å². The van der Waals surface area contributed by atoms with Crippen molar-refractivity contribution in [3.05, 3.63) is 0 Å². The number of aliphatic hydroxyl groups excluding tert-OH is 1. The standard InChI is InChI=1S/C13H24O/c1-4-10-5-7-13(8-6-10)11(9-14)12(13,2)3/h10-11,14H,4-9H2,1-3H3. The lowest BCUT2D eigenvalue weighted by Crippen LogP contribution is -2.19. The number of rotatable bonds is 2. The van der Waals surface area contributed by atoms with Crippen LogP contribution in [0.5, 0.6) is 0 Å². The summed E-state index contributed by atoms with van der Waals surface area (Å²) in [5.74, 6) is 1.56.